The lowest BCUT2D eigenvalue weighted by Gasteiger charge is -2.25. The van der Waals surface area contributed by atoms with Crippen molar-refractivity contribution in [3.63, 3.8) is 0 Å². The molecule has 1 aromatic carbocycles. The summed E-state index contributed by atoms with van der Waals surface area (Å²) < 4.78 is 10.6. The molecular weight excluding hydrogens is 282 g/mol. The summed E-state index contributed by atoms with van der Waals surface area (Å²) in [5, 5.41) is 12.9. The third-order valence-electron chi connectivity index (χ3n) is 3.68. The Morgan fingerprint density at radius 1 is 1.23 bits per heavy atom. The molecule has 1 amide bonds. The lowest BCUT2D eigenvalue weighted by Crippen LogP contribution is -2.34. The number of hydrogen-bond donors (Lipinski definition) is 2. The Kier molecular flexibility index (Phi) is 5.22. The van der Waals surface area contributed by atoms with Crippen LogP contribution in [0.2, 0.25) is 0 Å². The van der Waals surface area contributed by atoms with Crippen molar-refractivity contribution in [2.45, 2.75) is 32.3 Å². The second-order valence-electron chi connectivity index (χ2n) is 5.18. The minimum Gasteiger partial charge on any atom is -0.491 e. The standard InChI is InChI=1S/C17H21NO4/c1-3-17(20,4-2)12-22-14-9-7-13(8-10-14)18-16(19)15-6-5-11-21-15/h5-11,20H,3-4,12H2,1-2H3,(H,18,19). The lowest BCUT2D eigenvalue weighted by molar-refractivity contribution is -0.0113. The summed E-state index contributed by atoms with van der Waals surface area (Å²) in [4.78, 5) is 11.8. The largest absolute Gasteiger partial charge is 0.491 e. The topological polar surface area (TPSA) is 71.7 Å². The average molecular weight is 303 g/mol. The Hall–Kier alpha value is -2.27. The molecule has 2 aromatic rings. The molecule has 1 heterocycles. The van der Waals surface area contributed by atoms with Crippen LogP contribution >= 0.6 is 0 Å². The quantitative estimate of drug-likeness (QED) is 0.821. The van der Waals surface area contributed by atoms with Gasteiger partial charge in [-0.3, -0.25) is 4.79 Å². The van der Waals surface area contributed by atoms with Crippen molar-refractivity contribution >= 4 is 11.6 Å². The van der Waals surface area contributed by atoms with Crippen LogP contribution in [0, 0.1) is 0 Å². The van der Waals surface area contributed by atoms with Crippen molar-refractivity contribution in [3.05, 3.63) is 48.4 Å². The van der Waals surface area contributed by atoms with Gasteiger partial charge in [0, 0.05) is 5.69 Å². The Morgan fingerprint density at radius 2 is 1.91 bits per heavy atom. The maximum Gasteiger partial charge on any atom is 0.291 e. The molecule has 0 spiro atoms. The van der Waals surface area contributed by atoms with Gasteiger partial charge in [-0.2, -0.15) is 0 Å². The summed E-state index contributed by atoms with van der Waals surface area (Å²) in [6.45, 7) is 4.11. The van der Waals surface area contributed by atoms with E-state index in [0.717, 1.165) is 0 Å². The lowest BCUT2D eigenvalue weighted by atomic mass is 9.99. The van der Waals surface area contributed by atoms with E-state index in [-0.39, 0.29) is 18.3 Å². The van der Waals surface area contributed by atoms with Crippen LogP contribution in [0.15, 0.2) is 47.1 Å². The van der Waals surface area contributed by atoms with Crippen LogP contribution in [0.1, 0.15) is 37.2 Å². The third kappa shape index (κ3) is 4.11. The second kappa shape index (κ2) is 7.13. The number of carbonyl (C=O) groups excluding carboxylic acids is 1. The molecule has 5 nitrogen and oxygen atoms in total. The van der Waals surface area contributed by atoms with Crippen molar-refractivity contribution in [1.82, 2.24) is 0 Å². The van der Waals surface area contributed by atoms with E-state index < -0.39 is 5.60 Å². The fourth-order valence-electron chi connectivity index (χ4n) is 1.91. The van der Waals surface area contributed by atoms with Crippen LogP contribution in [0.25, 0.3) is 0 Å². The molecule has 118 valence electrons. The van der Waals surface area contributed by atoms with Crippen molar-refractivity contribution in [2.75, 3.05) is 11.9 Å². The summed E-state index contributed by atoms with van der Waals surface area (Å²) in [6, 6.07) is 10.3. The highest BCUT2D eigenvalue weighted by atomic mass is 16.5. The van der Waals surface area contributed by atoms with E-state index in [1.165, 1.54) is 6.26 Å². The molecule has 0 atom stereocenters. The second-order valence-corrected chi connectivity index (χ2v) is 5.18. The summed E-state index contributed by atoms with van der Waals surface area (Å²) in [7, 11) is 0. The summed E-state index contributed by atoms with van der Waals surface area (Å²) in [5.41, 5.74) is -0.151. The molecule has 0 saturated carbocycles. The van der Waals surface area contributed by atoms with Crippen LogP contribution in [-0.2, 0) is 0 Å². The fourth-order valence-corrected chi connectivity index (χ4v) is 1.91. The number of furan rings is 1. The number of nitrogens with one attached hydrogen (secondary N) is 1. The zero-order valence-electron chi connectivity index (χ0n) is 12.8. The number of carbonyl (C=O) groups is 1. The van der Waals surface area contributed by atoms with Crippen LogP contribution in [0.5, 0.6) is 5.75 Å². The number of ether oxygens (including phenoxy) is 1. The first-order chi connectivity index (χ1) is 10.6. The molecular formula is C17H21NO4. The van der Waals surface area contributed by atoms with Gasteiger partial charge in [-0.05, 0) is 49.2 Å². The number of hydrogen-bond acceptors (Lipinski definition) is 4. The molecule has 0 aliphatic rings. The molecule has 0 aliphatic heterocycles. The van der Waals surface area contributed by atoms with Gasteiger partial charge >= 0.3 is 0 Å². The van der Waals surface area contributed by atoms with E-state index >= 15 is 0 Å². The molecule has 2 rings (SSSR count). The maximum atomic E-state index is 11.8. The van der Waals surface area contributed by atoms with Gasteiger partial charge < -0.3 is 19.6 Å². The van der Waals surface area contributed by atoms with Crippen LogP contribution < -0.4 is 10.1 Å². The highest BCUT2D eigenvalue weighted by Crippen LogP contribution is 2.20. The smallest absolute Gasteiger partial charge is 0.291 e. The summed E-state index contributed by atoms with van der Waals surface area (Å²) >= 11 is 0. The zero-order valence-corrected chi connectivity index (χ0v) is 12.8. The molecule has 5 heteroatoms. The SMILES string of the molecule is CCC(O)(CC)COc1ccc(NC(=O)c2ccco2)cc1. The van der Waals surface area contributed by atoms with Crippen molar-refractivity contribution < 1.29 is 19.1 Å². The first-order valence-corrected chi connectivity index (χ1v) is 7.36. The molecule has 0 aliphatic carbocycles. The monoisotopic (exact) mass is 303 g/mol. The number of rotatable bonds is 7. The van der Waals surface area contributed by atoms with E-state index in [1.807, 2.05) is 13.8 Å². The van der Waals surface area contributed by atoms with Gasteiger partial charge in [-0.25, -0.2) is 0 Å². The summed E-state index contributed by atoms with van der Waals surface area (Å²) in [5.74, 6) is 0.609. The first-order valence-electron chi connectivity index (χ1n) is 7.36. The normalized spacial score (nSPS) is 11.2. The third-order valence-corrected chi connectivity index (χ3v) is 3.68. The van der Waals surface area contributed by atoms with Crippen molar-refractivity contribution in [3.8, 4) is 5.75 Å². The highest BCUT2D eigenvalue weighted by Gasteiger charge is 2.23. The van der Waals surface area contributed by atoms with E-state index in [4.69, 9.17) is 9.15 Å². The van der Waals surface area contributed by atoms with Gasteiger partial charge in [0.15, 0.2) is 5.76 Å². The minimum absolute atomic E-state index is 0.248. The van der Waals surface area contributed by atoms with Crippen LogP contribution in [0.3, 0.4) is 0 Å². The molecule has 1 aromatic heterocycles. The Labute approximate surface area is 129 Å². The Morgan fingerprint density at radius 3 is 2.45 bits per heavy atom. The van der Waals surface area contributed by atoms with Crippen LogP contribution in [-0.4, -0.2) is 23.2 Å². The molecule has 0 radical (unpaired) electrons. The predicted molar refractivity (Wildman–Crippen MR) is 84.1 cm³/mol. The van der Waals surface area contributed by atoms with E-state index in [0.29, 0.717) is 24.3 Å². The summed E-state index contributed by atoms with van der Waals surface area (Å²) in [6.07, 6.45) is 2.73. The van der Waals surface area contributed by atoms with Gasteiger partial charge in [-0.15, -0.1) is 0 Å². The van der Waals surface area contributed by atoms with Crippen LogP contribution in [0.4, 0.5) is 5.69 Å². The van der Waals surface area contributed by atoms with E-state index in [2.05, 4.69) is 5.32 Å². The molecule has 0 unspecified atom stereocenters. The van der Waals surface area contributed by atoms with Gasteiger partial charge in [0.25, 0.3) is 5.91 Å². The first kappa shape index (κ1) is 16.1. The molecule has 22 heavy (non-hydrogen) atoms. The average Bonchev–Trinajstić information content (AvgIpc) is 3.08. The molecule has 2 N–H and O–H groups in total. The van der Waals surface area contributed by atoms with Gasteiger partial charge in [-0.1, -0.05) is 13.8 Å². The molecule has 0 bridgehead atoms. The number of anilines is 1. The highest BCUT2D eigenvalue weighted by molar-refractivity contribution is 6.02. The Balaban J connectivity index is 1.92. The molecule has 0 fully saturated rings. The zero-order chi connectivity index (χ0) is 16.0. The fraction of sp³-hybridized carbons (Fsp3) is 0.353. The number of aliphatic hydroxyl groups is 1. The maximum absolute atomic E-state index is 11.8. The van der Waals surface area contributed by atoms with Crippen molar-refractivity contribution in [1.29, 1.82) is 0 Å². The van der Waals surface area contributed by atoms with E-state index in [1.54, 1.807) is 36.4 Å². The van der Waals surface area contributed by atoms with Gasteiger partial charge in [0.1, 0.15) is 12.4 Å². The van der Waals surface area contributed by atoms with Crippen molar-refractivity contribution in [2.24, 2.45) is 0 Å². The number of amides is 1. The predicted octanol–water partition coefficient (Wildman–Crippen LogP) is 3.46. The minimum atomic E-state index is -0.799. The molecule has 0 saturated heterocycles. The Bertz CT molecular complexity index is 586. The number of benzene rings is 1. The van der Waals surface area contributed by atoms with Gasteiger partial charge in [0.05, 0.1) is 11.9 Å². The van der Waals surface area contributed by atoms with E-state index in [9.17, 15) is 9.90 Å². The van der Waals surface area contributed by atoms with Gasteiger partial charge in [0.2, 0.25) is 0 Å².